The van der Waals surface area contributed by atoms with E-state index in [1.54, 1.807) is 0 Å². The van der Waals surface area contributed by atoms with Crippen LogP contribution in [0.25, 0.3) is 0 Å². The number of hydrogen-bond donors (Lipinski definition) is 1. The predicted molar refractivity (Wildman–Crippen MR) is 55.1 cm³/mol. The number of amides is 1. The Balaban J connectivity index is 3.74. The highest BCUT2D eigenvalue weighted by Gasteiger charge is 2.13. The van der Waals surface area contributed by atoms with Gasteiger partial charge in [0.1, 0.15) is 0 Å². The van der Waals surface area contributed by atoms with Gasteiger partial charge >= 0.3 is 0 Å². The summed E-state index contributed by atoms with van der Waals surface area (Å²) in [4.78, 5) is 10.9. The zero-order valence-corrected chi connectivity index (χ0v) is 8.97. The number of carbonyl (C=O) groups is 1. The van der Waals surface area contributed by atoms with Crippen LogP contribution in [0.2, 0.25) is 0 Å². The van der Waals surface area contributed by atoms with E-state index in [-0.39, 0.29) is 5.91 Å². The number of rotatable bonds is 6. The highest BCUT2D eigenvalue weighted by atomic mass is 16.1. The Labute approximate surface area is 81.0 Å². The zero-order chi connectivity index (χ0) is 10.3. The molecule has 0 spiro atoms. The van der Waals surface area contributed by atoms with Gasteiger partial charge in [0.05, 0.1) is 20.6 Å². The quantitative estimate of drug-likeness (QED) is 0.375. The summed E-state index contributed by atoms with van der Waals surface area (Å²) in [6.45, 7) is 7.34. The summed E-state index contributed by atoms with van der Waals surface area (Å²) in [5, 5.41) is 2.80. The van der Waals surface area contributed by atoms with Gasteiger partial charge in [-0.15, -0.1) is 0 Å². The van der Waals surface area contributed by atoms with Crippen molar-refractivity contribution in [1.29, 1.82) is 0 Å². The van der Waals surface area contributed by atoms with E-state index in [4.69, 9.17) is 0 Å². The summed E-state index contributed by atoms with van der Waals surface area (Å²) in [7, 11) is 4.22. The first-order valence-corrected chi connectivity index (χ1v) is 4.74. The molecule has 13 heavy (non-hydrogen) atoms. The summed E-state index contributed by atoms with van der Waals surface area (Å²) in [6.07, 6.45) is 3.69. The summed E-state index contributed by atoms with van der Waals surface area (Å²) in [5.74, 6) is -0.0947. The number of quaternary nitrogens is 1. The van der Waals surface area contributed by atoms with E-state index in [0.29, 0.717) is 6.67 Å². The standard InChI is InChI=1S/C10H20N2O/c1-5-7-8-12(3,4)9-11-10(13)6-2/h6H,2,5,7-9H2,1,3-4H3/p+1. The normalized spacial score (nSPS) is 11.0. The third kappa shape index (κ3) is 6.34. The second kappa shape index (κ2) is 5.75. The Hall–Kier alpha value is -0.830. The van der Waals surface area contributed by atoms with Gasteiger partial charge < -0.3 is 9.80 Å². The number of nitrogens with one attached hydrogen (secondary N) is 1. The van der Waals surface area contributed by atoms with Crippen molar-refractivity contribution in [2.45, 2.75) is 19.8 Å². The minimum absolute atomic E-state index is 0.0947. The molecule has 0 saturated heterocycles. The Kier molecular flexibility index (Phi) is 5.39. The van der Waals surface area contributed by atoms with Crippen molar-refractivity contribution in [1.82, 2.24) is 5.32 Å². The molecule has 0 rings (SSSR count). The third-order valence-electron chi connectivity index (χ3n) is 1.98. The molecule has 0 aliphatic rings. The second-order valence-corrected chi connectivity index (χ2v) is 3.92. The molecule has 0 heterocycles. The van der Waals surface area contributed by atoms with Crippen molar-refractivity contribution in [3.8, 4) is 0 Å². The van der Waals surface area contributed by atoms with Crippen LogP contribution in [-0.4, -0.2) is 37.7 Å². The minimum atomic E-state index is -0.0947. The molecule has 0 aromatic heterocycles. The van der Waals surface area contributed by atoms with Crippen LogP contribution in [0.3, 0.4) is 0 Å². The van der Waals surface area contributed by atoms with E-state index in [9.17, 15) is 4.79 Å². The Morgan fingerprint density at radius 3 is 2.62 bits per heavy atom. The number of hydrogen-bond acceptors (Lipinski definition) is 1. The number of carbonyl (C=O) groups excluding carboxylic acids is 1. The molecule has 0 radical (unpaired) electrons. The van der Waals surface area contributed by atoms with Gasteiger partial charge in [-0.05, 0) is 12.5 Å². The van der Waals surface area contributed by atoms with Crippen molar-refractivity contribution in [2.75, 3.05) is 27.3 Å². The molecule has 0 unspecified atom stereocenters. The van der Waals surface area contributed by atoms with Crippen LogP contribution in [0.4, 0.5) is 0 Å². The molecule has 0 aromatic rings. The first-order chi connectivity index (χ1) is 6.02. The van der Waals surface area contributed by atoms with Gasteiger partial charge in [0.2, 0.25) is 5.91 Å². The fourth-order valence-corrected chi connectivity index (χ4v) is 1.03. The van der Waals surface area contributed by atoms with Gasteiger partial charge in [-0.3, -0.25) is 4.79 Å². The van der Waals surface area contributed by atoms with Crippen molar-refractivity contribution >= 4 is 5.91 Å². The molecular weight excluding hydrogens is 164 g/mol. The molecule has 0 saturated carbocycles. The van der Waals surface area contributed by atoms with Crippen molar-refractivity contribution in [2.24, 2.45) is 0 Å². The summed E-state index contributed by atoms with van der Waals surface area (Å²) in [6, 6.07) is 0. The maximum atomic E-state index is 10.9. The highest BCUT2D eigenvalue weighted by Crippen LogP contribution is 1.99. The van der Waals surface area contributed by atoms with Crippen LogP contribution >= 0.6 is 0 Å². The third-order valence-corrected chi connectivity index (χ3v) is 1.98. The summed E-state index contributed by atoms with van der Waals surface area (Å²) < 4.78 is 0.827. The average molecular weight is 185 g/mol. The molecule has 0 aromatic carbocycles. The maximum absolute atomic E-state index is 10.9. The molecule has 76 valence electrons. The van der Waals surface area contributed by atoms with Crippen LogP contribution in [0.1, 0.15) is 19.8 Å². The Morgan fingerprint density at radius 2 is 2.15 bits per heavy atom. The van der Waals surface area contributed by atoms with E-state index >= 15 is 0 Å². The first kappa shape index (κ1) is 12.2. The molecule has 0 aliphatic heterocycles. The van der Waals surface area contributed by atoms with Crippen LogP contribution in [0.5, 0.6) is 0 Å². The topological polar surface area (TPSA) is 29.1 Å². The van der Waals surface area contributed by atoms with E-state index in [0.717, 1.165) is 11.0 Å². The van der Waals surface area contributed by atoms with Crippen molar-refractivity contribution in [3.63, 3.8) is 0 Å². The Bertz CT molecular complexity index is 176. The van der Waals surface area contributed by atoms with E-state index in [1.807, 2.05) is 0 Å². The molecule has 0 bridgehead atoms. The summed E-state index contributed by atoms with van der Waals surface area (Å²) in [5.41, 5.74) is 0. The van der Waals surface area contributed by atoms with Crippen LogP contribution in [-0.2, 0) is 4.79 Å². The van der Waals surface area contributed by atoms with Gasteiger partial charge in [-0.25, -0.2) is 0 Å². The smallest absolute Gasteiger partial charge is 0.247 e. The molecule has 0 fully saturated rings. The molecule has 0 aliphatic carbocycles. The monoisotopic (exact) mass is 185 g/mol. The summed E-state index contributed by atoms with van der Waals surface area (Å²) >= 11 is 0. The SMILES string of the molecule is C=CC(=O)NC[N+](C)(C)CCCC. The molecule has 3 nitrogen and oxygen atoms in total. The van der Waals surface area contributed by atoms with E-state index in [1.165, 1.54) is 18.9 Å². The largest absolute Gasteiger partial charge is 0.311 e. The fraction of sp³-hybridized carbons (Fsp3) is 0.700. The van der Waals surface area contributed by atoms with Gasteiger partial charge in [0.15, 0.2) is 6.67 Å². The van der Waals surface area contributed by atoms with Crippen molar-refractivity contribution in [3.05, 3.63) is 12.7 Å². The lowest BCUT2D eigenvalue weighted by Gasteiger charge is -2.29. The second-order valence-electron chi connectivity index (χ2n) is 3.92. The molecule has 1 amide bonds. The number of unbranched alkanes of at least 4 members (excludes halogenated alkanes) is 1. The minimum Gasteiger partial charge on any atom is -0.311 e. The van der Waals surface area contributed by atoms with E-state index < -0.39 is 0 Å². The predicted octanol–water partition coefficient (Wildman–Crippen LogP) is 1.12. The average Bonchev–Trinajstić information content (AvgIpc) is 2.11. The highest BCUT2D eigenvalue weighted by molar-refractivity contribution is 5.86. The molecule has 1 N–H and O–H groups in total. The van der Waals surface area contributed by atoms with Gasteiger partial charge in [0, 0.05) is 0 Å². The van der Waals surface area contributed by atoms with Gasteiger partial charge in [-0.2, -0.15) is 0 Å². The zero-order valence-electron chi connectivity index (χ0n) is 8.97. The molecular formula is C10H21N2O+. The lowest BCUT2D eigenvalue weighted by molar-refractivity contribution is -0.892. The van der Waals surface area contributed by atoms with Crippen LogP contribution < -0.4 is 5.32 Å². The molecule has 3 heteroatoms. The fourth-order valence-electron chi connectivity index (χ4n) is 1.03. The van der Waals surface area contributed by atoms with Crippen LogP contribution in [0, 0.1) is 0 Å². The van der Waals surface area contributed by atoms with Crippen LogP contribution in [0.15, 0.2) is 12.7 Å². The lowest BCUT2D eigenvalue weighted by Crippen LogP contribution is -2.48. The van der Waals surface area contributed by atoms with Crippen molar-refractivity contribution < 1.29 is 9.28 Å². The first-order valence-electron chi connectivity index (χ1n) is 4.74. The maximum Gasteiger partial charge on any atom is 0.247 e. The Morgan fingerprint density at radius 1 is 1.54 bits per heavy atom. The van der Waals surface area contributed by atoms with Gasteiger partial charge in [0.25, 0.3) is 0 Å². The molecule has 0 atom stereocenters. The number of nitrogens with zero attached hydrogens (tertiary/aromatic N) is 1. The van der Waals surface area contributed by atoms with Gasteiger partial charge in [-0.1, -0.05) is 19.9 Å². The lowest BCUT2D eigenvalue weighted by atomic mass is 10.3. The van der Waals surface area contributed by atoms with E-state index in [2.05, 4.69) is 32.9 Å².